The molecule has 0 saturated heterocycles. The van der Waals surface area contributed by atoms with Gasteiger partial charge in [-0.1, -0.05) is 24.3 Å². The first-order valence-corrected chi connectivity index (χ1v) is 8.31. The van der Waals surface area contributed by atoms with Gasteiger partial charge < -0.3 is 26.2 Å². The molecule has 0 bridgehead atoms. The van der Waals surface area contributed by atoms with Crippen LogP contribution in [0.2, 0.25) is 0 Å². The Labute approximate surface area is 154 Å². The van der Waals surface area contributed by atoms with E-state index in [1.165, 1.54) is 0 Å². The van der Waals surface area contributed by atoms with Crippen molar-refractivity contribution in [3.05, 3.63) is 35.4 Å². The van der Waals surface area contributed by atoms with Crippen LogP contribution in [0.5, 0.6) is 0 Å². The van der Waals surface area contributed by atoms with Gasteiger partial charge in [0.15, 0.2) is 0 Å². The second-order valence-electron chi connectivity index (χ2n) is 6.79. The second kappa shape index (κ2) is 7.75. The molecule has 3 unspecified atom stereocenters. The van der Waals surface area contributed by atoms with Crippen LogP contribution in [-0.2, 0) is 25.7 Å². The topological polar surface area (TPSA) is 175 Å². The van der Waals surface area contributed by atoms with Crippen molar-refractivity contribution in [3.63, 3.8) is 0 Å². The summed E-state index contributed by atoms with van der Waals surface area (Å²) in [6.07, 6.45) is -1.48. The minimum Gasteiger partial charge on any atom is -0.481 e. The summed E-state index contributed by atoms with van der Waals surface area (Å²) in [5.41, 5.74) is 5.52. The van der Waals surface area contributed by atoms with E-state index >= 15 is 0 Å². The van der Waals surface area contributed by atoms with E-state index in [-0.39, 0.29) is 6.42 Å². The zero-order valence-electron chi connectivity index (χ0n) is 14.4. The Morgan fingerprint density at radius 1 is 0.926 bits per heavy atom. The van der Waals surface area contributed by atoms with E-state index in [2.05, 4.69) is 0 Å². The van der Waals surface area contributed by atoms with Crippen LogP contribution in [-0.4, -0.2) is 44.3 Å². The van der Waals surface area contributed by atoms with Crippen LogP contribution in [0.1, 0.15) is 36.3 Å². The highest BCUT2D eigenvalue weighted by Crippen LogP contribution is 2.69. The van der Waals surface area contributed by atoms with Crippen molar-refractivity contribution in [1.29, 1.82) is 0 Å². The normalized spacial score (nSPS) is 23.2. The zero-order valence-corrected chi connectivity index (χ0v) is 14.4. The molecular formula is C18H21NO8. The van der Waals surface area contributed by atoms with Crippen LogP contribution < -0.4 is 5.73 Å². The first-order chi connectivity index (χ1) is 12.6. The molecule has 0 aliphatic heterocycles. The van der Waals surface area contributed by atoms with Crippen molar-refractivity contribution >= 4 is 23.9 Å². The maximum atomic E-state index is 11.8. The van der Waals surface area contributed by atoms with Gasteiger partial charge in [-0.25, -0.2) is 0 Å². The Morgan fingerprint density at radius 3 is 1.70 bits per heavy atom. The molecule has 6 N–H and O–H groups in total. The predicted octanol–water partition coefficient (Wildman–Crippen LogP) is 0.970. The fourth-order valence-electron chi connectivity index (χ4n) is 3.99. The second-order valence-corrected chi connectivity index (χ2v) is 6.79. The first-order valence-electron chi connectivity index (χ1n) is 8.31. The molecule has 1 fully saturated rings. The predicted molar refractivity (Wildman–Crippen MR) is 90.9 cm³/mol. The van der Waals surface area contributed by atoms with Gasteiger partial charge >= 0.3 is 23.9 Å². The van der Waals surface area contributed by atoms with Crippen molar-refractivity contribution in [2.75, 3.05) is 0 Å². The Kier molecular flexibility index (Phi) is 5.85. The SMILES string of the molecule is NCc1ccc(C2CC2(C(CC(=O)O)C(=O)O)C(CC(=O)O)C(=O)O)cc1. The minimum absolute atomic E-state index is 0.0868. The fourth-order valence-corrected chi connectivity index (χ4v) is 3.99. The molecule has 1 aliphatic rings. The molecule has 1 saturated carbocycles. The Morgan fingerprint density at radius 2 is 1.37 bits per heavy atom. The first kappa shape index (κ1) is 20.4. The van der Waals surface area contributed by atoms with E-state index in [4.69, 9.17) is 15.9 Å². The number of nitrogens with two attached hydrogens (primary N) is 1. The number of carbonyl (C=O) groups is 4. The maximum absolute atomic E-state index is 11.8. The van der Waals surface area contributed by atoms with Gasteiger partial charge in [0.1, 0.15) is 0 Å². The molecule has 146 valence electrons. The maximum Gasteiger partial charge on any atom is 0.307 e. The molecule has 0 spiro atoms. The highest BCUT2D eigenvalue weighted by Gasteiger charge is 2.67. The van der Waals surface area contributed by atoms with Crippen LogP contribution >= 0.6 is 0 Å². The van der Waals surface area contributed by atoms with Crippen LogP contribution in [0.15, 0.2) is 24.3 Å². The lowest BCUT2D eigenvalue weighted by molar-refractivity contribution is -0.159. The fraction of sp³-hybridized carbons (Fsp3) is 0.444. The monoisotopic (exact) mass is 379 g/mol. The summed E-state index contributed by atoms with van der Waals surface area (Å²) < 4.78 is 0. The van der Waals surface area contributed by atoms with Crippen molar-refractivity contribution in [2.24, 2.45) is 23.0 Å². The molecule has 0 aromatic heterocycles. The molecule has 1 aromatic carbocycles. The van der Waals surface area contributed by atoms with E-state index in [0.29, 0.717) is 12.1 Å². The standard InChI is InChI=1S/C18H21NO8/c19-8-9-1-3-10(4-2-9)13-7-18(13,11(16(24)25)5-14(20)21)12(17(26)27)6-15(22)23/h1-4,11-13H,5-8,19H2,(H,20,21)(H,22,23)(H,24,25)(H,26,27). The average molecular weight is 379 g/mol. The molecule has 1 aromatic rings. The van der Waals surface area contributed by atoms with Gasteiger partial charge in [-0.2, -0.15) is 0 Å². The lowest BCUT2D eigenvalue weighted by Gasteiger charge is -2.29. The van der Waals surface area contributed by atoms with Crippen molar-refractivity contribution in [2.45, 2.75) is 31.7 Å². The summed E-state index contributed by atoms with van der Waals surface area (Å²) >= 11 is 0. The Hall–Kier alpha value is -2.94. The number of aliphatic carboxylic acids is 4. The third-order valence-corrected chi connectivity index (χ3v) is 5.32. The average Bonchev–Trinajstić information content (AvgIpc) is 3.33. The summed E-state index contributed by atoms with van der Waals surface area (Å²) in [5.74, 6) is -9.27. The summed E-state index contributed by atoms with van der Waals surface area (Å²) in [6, 6.07) is 6.82. The highest BCUT2D eigenvalue weighted by atomic mass is 16.4. The third-order valence-electron chi connectivity index (χ3n) is 5.32. The Balaban J connectivity index is 2.51. The van der Waals surface area contributed by atoms with Crippen LogP contribution in [0.25, 0.3) is 0 Å². The van der Waals surface area contributed by atoms with Crippen molar-refractivity contribution < 1.29 is 39.6 Å². The summed E-state index contributed by atoms with van der Waals surface area (Å²) in [7, 11) is 0. The van der Waals surface area contributed by atoms with E-state index in [0.717, 1.165) is 5.56 Å². The summed E-state index contributed by atoms with van der Waals surface area (Å²) in [5, 5.41) is 37.4. The minimum atomic E-state index is -1.52. The van der Waals surface area contributed by atoms with E-state index in [1.807, 2.05) is 0 Å². The van der Waals surface area contributed by atoms with E-state index in [1.54, 1.807) is 24.3 Å². The van der Waals surface area contributed by atoms with Gasteiger partial charge in [0.05, 0.1) is 24.7 Å². The van der Waals surface area contributed by atoms with Gasteiger partial charge in [0.25, 0.3) is 0 Å². The number of rotatable bonds is 10. The van der Waals surface area contributed by atoms with Gasteiger partial charge in [-0.15, -0.1) is 0 Å². The van der Waals surface area contributed by atoms with Crippen LogP contribution in [0.3, 0.4) is 0 Å². The molecule has 2 rings (SSSR count). The number of carboxylic acids is 4. The van der Waals surface area contributed by atoms with Gasteiger partial charge in [-0.05, 0) is 23.5 Å². The molecule has 9 nitrogen and oxygen atoms in total. The summed E-state index contributed by atoms with van der Waals surface area (Å²) in [4.78, 5) is 46.0. The van der Waals surface area contributed by atoms with Gasteiger partial charge in [0.2, 0.25) is 0 Å². The lowest BCUT2D eigenvalue weighted by atomic mass is 9.72. The molecule has 1 aliphatic carbocycles. The number of benzene rings is 1. The molecular weight excluding hydrogens is 358 g/mol. The Bertz CT molecular complexity index is 723. The molecule has 0 amide bonds. The number of hydrogen-bond donors (Lipinski definition) is 5. The van der Waals surface area contributed by atoms with Crippen LogP contribution in [0.4, 0.5) is 0 Å². The van der Waals surface area contributed by atoms with Gasteiger partial charge in [0, 0.05) is 12.0 Å². The highest BCUT2D eigenvalue weighted by molar-refractivity contribution is 5.84. The smallest absolute Gasteiger partial charge is 0.307 e. The third kappa shape index (κ3) is 4.08. The largest absolute Gasteiger partial charge is 0.481 e. The lowest BCUT2D eigenvalue weighted by Crippen LogP contribution is -2.39. The van der Waals surface area contributed by atoms with Crippen molar-refractivity contribution in [1.82, 2.24) is 0 Å². The quantitative estimate of drug-likeness (QED) is 0.396. The molecule has 0 heterocycles. The zero-order chi connectivity index (χ0) is 20.4. The van der Waals surface area contributed by atoms with Gasteiger partial charge in [-0.3, -0.25) is 19.2 Å². The van der Waals surface area contributed by atoms with Crippen LogP contribution in [0, 0.1) is 17.3 Å². The molecule has 27 heavy (non-hydrogen) atoms. The summed E-state index contributed by atoms with van der Waals surface area (Å²) in [6.45, 7) is 0.295. The van der Waals surface area contributed by atoms with E-state index in [9.17, 15) is 29.4 Å². The number of carboxylic acid groups (broad SMARTS) is 4. The molecule has 3 atom stereocenters. The molecule has 9 heteroatoms. The van der Waals surface area contributed by atoms with Crippen molar-refractivity contribution in [3.8, 4) is 0 Å². The molecule has 0 radical (unpaired) electrons. The van der Waals surface area contributed by atoms with E-state index < -0.39 is 59.9 Å². The number of hydrogen-bond acceptors (Lipinski definition) is 5.